The van der Waals surface area contributed by atoms with Crippen LogP contribution in [0.1, 0.15) is 19.3 Å². The number of sulfone groups is 1. The summed E-state index contributed by atoms with van der Waals surface area (Å²) in [6.45, 7) is 1.29. The minimum absolute atomic E-state index is 0.0932. The molecule has 8 heteroatoms. The molecule has 1 aliphatic rings. The van der Waals surface area contributed by atoms with Gasteiger partial charge in [0.25, 0.3) is 5.69 Å². The van der Waals surface area contributed by atoms with Gasteiger partial charge in [0.15, 0.2) is 9.84 Å². The van der Waals surface area contributed by atoms with Crippen LogP contribution in [0, 0.1) is 10.1 Å². The van der Waals surface area contributed by atoms with E-state index in [9.17, 15) is 18.5 Å². The second-order valence-corrected chi connectivity index (χ2v) is 7.07. The number of benzene rings is 1. The fraction of sp³-hybridized carbons (Fsp3) is 0.538. The van der Waals surface area contributed by atoms with Crippen molar-refractivity contribution in [1.82, 2.24) is 0 Å². The average Bonchev–Trinajstić information content (AvgIpc) is 2.45. The van der Waals surface area contributed by atoms with Gasteiger partial charge >= 0.3 is 0 Å². The molecule has 1 unspecified atom stereocenters. The van der Waals surface area contributed by atoms with Crippen LogP contribution in [0.25, 0.3) is 0 Å². The number of nitro benzene ring substituents is 1. The Balaban J connectivity index is 2.15. The van der Waals surface area contributed by atoms with Crippen molar-refractivity contribution in [2.75, 3.05) is 24.7 Å². The van der Waals surface area contributed by atoms with Crippen molar-refractivity contribution in [3.05, 3.63) is 28.3 Å². The summed E-state index contributed by atoms with van der Waals surface area (Å²) in [6.07, 6.45) is 4.19. The van der Waals surface area contributed by atoms with Gasteiger partial charge < -0.3 is 10.1 Å². The normalized spacial score (nSPS) is 19.2. The molecule has 2 rings (SSSR count). The second-order valence-electron chi connectivity index (χ2n) is 5.08. The molecule has 1 saturated heterocycles. The van der Waals surface area contributed by atoms with Crippen molar-refractivity contribution < 1.29 is 18.1 Å². The van der Waals surface area contributed by atoms with Crippen LogP contribution in [-0.2, 0) is 14.6 Å². The molecule has 1 aliphatic heterocycles. The number of rotatable bonds is 5. The molecule has 1 heterocycles. The first kappa shape index (κ1) is 15.7. The Morgan fingerprint density at radius 3 is 2.76 bits per heavy atom. The lowest BCUT2D eigenvalue weighted by molar-refractivity contribution is -0.387. The first-order chi connectivity index (χ1) is 9.88. The Kier molecular flexibility index (Phi) is 4.79. The average molecular weight is 314 g/mol. The molecule has 1 aromatic rings. The van der Waals surface area contributed by atoms with Crippen molar-refractivity contribution in [1.29, 1.82) is 0 Å². The fourth-order valence-electron chi connectivity index (χ4n) is 2.27. The third-order valence-electron chi connectivity index (χ3n) is 3.36. The van der Waals surface area contributed by atoms with Crippen LogP contribution in [-0.4, -0.2) is 38.9 Å². The van der Waals surface area contributed by atoms with Crippen LogP contribution in [0.5, 0.6) is 0 Å². The highest BCUT2D eigenvalue weighted by molar-refractivity contribution is 7.90. The number of ether oxygens (including phenoxy) is 1. The summed E-state index contributed by atoms with van der Waals surface area (Å²) in [6, 6.07) is 4.02. The van der Waals surface area contributed by atoms with E-state index >= 15 is 0 Å². The first-order valence-electron chi connectivity index (χ1n) is 6.72. The molecule has 0 aromatic heterocycles. The van der Waals surface area contributed by atoms with Gasteiger partial charge in [-0.1, -0.05) is 0 Å². The van der Waals surface area contributed by atoms with Gasteiger partial charge in [0.05, 0.1) is 11.0 Å². The number of anilines is 1. The van der Waals surface area contributed by atoms with E-state index < -0.39 is 20.4 Å². The third kappa shape index (κ3) is 4.15. The van der Waals surface area contributed by atoms with Crippen LogP contribution in [0.2, 0.25) is 0 Å². The molecule has 1 fully saturated rings. The standard InChI is InChI=1S/C13H18N2O5S/c1-21(18,19)13-8-10(5-6-12(13)15(16)17)14-9-11-4-2-3-7-20-11/h5-6,8,11,14H,2-4,7,9H2,1H3. The summed E-state index contributed by atoms with van der Waals surface area (Å²) >= 11 is 0. The van der Waals surface area contributed by atoms with E-state index in [0.29, 0.717) is 12.2 Å². The minimum Gasteiger partial charge on any atom is -0.382 e. The zero-order valence-electron chi connectivity index (χ0n) is 11.7. The molecular weight excluding hydrogens is 296 g/mol. The molecule has 0 aliphatic carbocycles. The molecule has 1 atom stereocenters. The van der Waals surface area contributed by atoms with Gasteiger partial charge in [0.1, 0.15) is 4.90 Å². The highest BCUT2D eigenvalue weighted by Gasteiger charge is 2.22. The Bertz CT molecular complexity index is 623. The summed E-state index contributed by atoms with van der Waals surface area (Å²) in [5.41, 5.74) is 0.132. The third-order valence-corrected chi connectivity index (χ3v) is 4.49. The van der Waals surface area contributed by atoms with Crippen molar-refractivity contribution in [2.45, 2.75) is 30.3 Å². The lowest BCUT2D eigenvalue weighted by Gasteiger charge is -2.23. The van der Waals surface area contributed by atoms with Crippen LogP contribution in [0.3, 0.4) is 0 Å². The summed E-state index contributed by atoms with van der Waals surface area (Å²) < 4.78 is 28.9. The number of hydrogen-bond donors (Lipinski definition) is 1. The monoisotopic (exact) mass is 314 g/mol. The molecule has 116 valence electrons. The summed E-state index contributed by atoms with van der Waals surface area (Å²) in [5, 5.41) is 14.0. The molecular formula is C13H18N2O5S. The summed E-state index contributed by atoms with van der Waals surface area (Å²) in [5.74, 6) is 0. The molecule has 0 saturated carbocycles. The summed E-state index contributed by atoms with van der Waals surface area (Å²) in [4.78, 5) is 9.92. The fourth-order valence-corrected chi connectivity index (χ4v) is 3.14. The molecule has 21 heavy (non-hydrogen) atoms. The number of nitrogens with zero attached hydrogens (tertiary/aromatic N) is 1. The molecule has 1 aromatic carbocycles. The van der Waals surface area contributed by atoms with Crippen LogP contribution >= 0.6 is 0 Å². The van der Waals surface area contributed by atoms with Crippen molar-refractivity contribution in [2.24, 2.45) is 0 Å². The zero-order valence-corrected chi connectivity index (χ0v) is 12.6. The molecule has 1 N–H and O–H groups in total. The van der Waals surface area contributed by atoms with Crippen molar-refractivity contribution in [3.8, 4) is 0 Å². The van der Waals surface area contributed by atoms with E-state index in [0.717, 1.165) is 32.1 Å². The molecule has 0 bridgehead atoms. The van der Waals surface area contributed by atoms with Gasteiger partial charge in [-0.15, -0.1) is 0 Å². The zero-order chi connectivity index (χ0) is 15.5. The van der Waals surface area contributed by atoms with E-state index in [-0.39, 0.29) is 11.0 Å². The number of hydrogen-bond acceptors (Lipinski definition) is 6. The lowest BCUT2D eigenvalue weighted by Crippen LogP contribution is -2.27. The molecule has 0 amide bonds. The predicted molar refractivity (Wildman–Crippen MR) is 78.3 cm³/mol. The maximum absolute atomic E-state index is 11.7. The Labute approximate surface area is 123 Å². The first-order valence-corrected chi connectivity index (χ1v) is 8.61. The van der Waals surface area contributed by atoms with E-state index in [1.807, 2.05) is 0 Å². The molecule has 7 nitrogen and oxygen atoms in total. The minimum atomic E-state index is -3.66. The van der Waals surface area contributed by atoms with Crippen LogP contribution in [0.4, 0.5) is 11.4 Å². The van der Waals surface area contributed by atoms with Crippen molar-refractivity contribution >= 4 is 21.2 Å². The van der Waals surface area contributed by atoms with Gasteiger partial charge in [-0.2, -0.15) is 0 Å². The van der Waals surface area contributed by atoms with Crippen LogP contribution in [0.15, 0.2) is 23.1 Å². The van der Waals surface area contributed by atoms with Gasteiger partial charge in [0.2, 0.25) is 0 Å². The Hall–Kier alpha value is -1.67. The SMILES string of the molecule is CS(=O)(=O)c1cc(NCC2CCCCO2)ccc1[N+](=O)[O-]. The van der Waals surface area contributed by atoms with E-state index in [1.165, 1.54) is 18.2 Å². The molecule has 0 spiro atoms. The maximum atomic E-state index is 11.7. The van der Waals surface area contributed by atoms with Crippen LogP contribution < -0.4 is 5.32 Å². The van der Waals surface area contributed by atoms with Gasteiger partial charge in [-0.3, -0.25) is 10.1 Å². The lowest BCUT2D eigenvalue weighted by atomic mass is 10.1. The topological polar surface area (TPSA) is 98.5 Å². The highest BCUT2D eigenvalue weighted by Crippen LogP contribution is 2.27. The number of nitro groups is 1. The molecule has 0 radical (unpaired) electrons. The van der Waals surface area contributed by atoms with Gasteiger partial charge in [0, 0.05) is 31.2 Å². The summed E-state index contributed by atoms with van der Waals surface area (Å²) in [7, 11) is -3.66. The van der Waals surface area contributed by atoms with Crippen molar-refractivity contribution in [3.63, 3.8) is 0 Å². The Morgan fingerprint density at radius 2 is 2.19 bits per heavy atom. The van der Waals surface area contributed by atoms with E-state index in [4.69, 9.17) is 4.74 Å². The van der Waals surface area contributed by atoms with E-state index in [1.54, 1.807) is 0 Å². The largest absolute Gasteiger partial charge is 0.382 e. The maximum Gasteiger partial charge on any atom is 0.288 e. The van der Waals surface area contributed by atoms with Gasteiger partial charge in [-0.05, 0) is 31.4 Å². The second kappa shape index (κ2) is 6.40. The van der Waals surface area contributed by atoms with Gasteiger partial charge in [-0.25, -0.2) is 8.42 Å². The predicted octanol–water partition coefficient (Wildman–Crippen LogP) is 1.98. The quantitative estimate of drug-likeness (QED) is 0.659. The van der Waals surface area contributed by atoms with E-state index in [2.05, 4.69) is 5.32 Å². The highest BCUT2D eigenvalue weighted by atomic mass is 32.2. The number of nitrogens with one attached hydrogen (secondary N) is 1. The smallest absolute Gasteiger partial charge is 0.288 e. The Morgan fingerprint density at radius 1 is 1.43 bits per heavy atom.